The first-order valence-corrected chi connectivity index (χ1v) is 11.2. The van der Waals surface area contributed by atoms with Crippen LogP contribution in [0.4, 0.5) is 0 Å². The van der Waals surface area contributed by atoms with E-state index in [-0.39, 0.29) is 0 Å². The van der Waals surface area contributed by atoms with Crippen LogP contribution >= 0.6 is 0 Å². The SMILES string of the molecule is CCCCCCCCC(=NOOC(C)=O)c1cc(OC)c2c(OC)ccc(OC)c2c1OC. The van der Waals surface area contributed by atoms with Gasteiger partial charge in [-0.05, 0) is 36.2 Å². The number of benzene rings is 2. The molecule has 0 bridgehead atoms. The Morgan fingerprint density at radius 3 is 2.00 bits per heavy atom. The maximum Gasteiger partial charge on any atom is 0.354 e. The number of fused-ring (bicyclic) bond motifs is 1. The average Bonchev–Trinajstić information content (AvgIpc) is 2.82. The zero-order valence-electron chi connectivity index (χ0n) is 20.5. The Morgan fingerprint density at radius 1 is 0.818 bits per heavy atom. The fourth-order valence-corrected chi connectivity index (χ4v) is 3.78. The number of methoxy groups -OCH3 is 4. The number of carbonyl (C=O) groups is 1. The van der Waals surface area contributed by atoms with Crippen molar-refractivity contribution in [1.29, 1.82) is 0 Å². The normalized spacial score (nSPS) is 11.3. The predicted octanol–water partition coefficient (Wildman–Crippen LogP) is 5.82. The molecular formula is C25H35NO7. The van der Waals surface area contributed by atoms with E-state index in [1.807, 2.05) is 18.2 Å². The van der Waals surface area contributed by atoms with Crippen molar-refractivity contribution in [1.82, 2.24) is 0 Å². The van der Waals surface area contributed by atoms with Crippen LogP contribution in [-0.2, 0) is 14.7 Å². The van der Waals surface area contributed by atoms with Crippen LogP contribution in [0.1, 0.15) is 64.4 Å². The fraction of sp³-hybridized carbons (Fsp3) is 0.520. The molecule has 0 aromatic heterocycles. The van der Waals surface area contributed by atoms with Crippen molar-refractivity contribution in [2.24, 2.45) is 5.16 Å². The fourth-order valence-electron chi connectivity index (χ4n) is 3.78. The maximum atomic E-state index is 11.2. The maximum absolute atomic E-state index is 11.2. The first-order valence-electron chi connectivity index (χ1n) is 11.2. The van der Waals surface area contributed by atoms with E-state index in [1.165, 1.54) is 26.2 Å². The molecule has 2 rings (SSSR count). The van der Waals surface area contributed by atoms with Gasteiger partial charge in [-0.15, -0.1) is 0 Å². The van der Waals surface area contributed by atoms with Gasteiger partial charge in [-0.3, -0.25) is 0 Å². The lowest BCUT2D eigenvalue weighted by atomic mass is 9.96. The number of hydrogen-bond donors (Lipinski definition) is 0. The van der Waals surface area contributed by atoms with Crippen molar-refractivity contribution in [2.45, 2.75) is 58.8 Å². The molecular weight excluding hydrogens is 426 g/mol. The minimum Gasteiger partial charge on any atom is -0.496 e. The van der Waals surface area contributed by atoms with Crippen LogP contribution in [-0.4, -0.2) is 40.1 Å². The standard InChI is InChI=1S/C25H35NO7/c1-7-8-9-10-11-12-13-19(26-33-32-17(2)27)18-16-22(30-5)23-20(28-3)14-15-21(29-4)24(23)25(18)31-6/h14-16H,7-13H2,1-6H3. The monoisotopic (exact) mass is 461 g/mol. The molecule has 8 heteroatoms. The second-order valence-corrected chi connectivity index (χ2v) is 7.58. The van der Waals surface area contributed by atoms with Gasteiger partial charge in [-0.1, -0.05) is 39.0 Å². The molecule has 0 amide bonds. The molecule has 0 aliphatic heterocycles. The van der Waals surface area contributed by atoms with E-state index in [4.69, 9.17) is 23.9 Å². The molecule has 0 fully saturated rings. The molecule has 182 valence electrons. The molecule has 2 aromatic rings. The molecule has 0 heterocycles. The smallest absolute Gasteiger partial charge is 0.354 e. The Kier molecular flexibility index (Phi) is 10.6. The van der Waals surface area contributed by atoms with Crippen LogP contribution in [0.2, 0.25) is 0 Å². The van der Waals surface area contributed by atoms with Crippen molar-refractivity contribution in [2.75, 3.05) is 28.4 Å². The van der Waals surface area contributed by atoms with E-state index in [9.17, 15) is 4.79 Å². The topological polar surface area (TPSA) is 84.8 Å². The molecule has 0 spiro atoms. The number of nitrogens with zero attached hydrogens (tertiary/aromatic N) is 1. The van der Waals surface area contributed by atoms with Gasteiger partial charge in [0.1, 0.15) is 23.0 Å². The van der Waals surface area contributed by atoms with Crippen molar-refractivity contribution >= 4 is 22.5 Å². The Morgan fingerprint density at radius 2 is 1.42 bits per heavy atom. The molecule has 0 unspecified atom stereocenters. The zero-order chi connectivity index (χ0) is 24.2. The first kappa shape index (κ1) is 26.1. The summed E-state index contributed by atoms with van der Waals surface area (Å²) in [5, 5.41) is 5.54. The number of carbonyl (C=O) groups excluding carboxylic acids is 1. The summed E-state index contributed by atoms with van der Waals surface area (Å²) in [6, 6.07) is 5.46. The Balaban J connectivity index is 2.58. The van der Waals surface area contributed by atoms with E-state index in [0.29, 0.717) is 46.1 Å². The Hall–Kier alpha value is -3.16. The number of oxime groups is 1. The van der Waals surface area contributed by atoms with E-state index < -0.39 is 5.97 Å². The Labute approximate surface area is 195 Å². The van der Waals surface area contributed by atoms with Crippen LogP contribution in [0.25, 0.3) is 10.8 Å². The zero-order valence-corrected chi connectivity index (χ0v) is 20.5. The van der Waals surface area contributed by atoms with Gasteiger partial charge in [0, 0.05) is 12.5 Å². The second kappa shape index (κ2) is 13.4. The molecule has 0 saturated heterocycles. The summed E-state index contributed by atoms with van der Waals surface area (Å²) in [5.41, 5.74) is 1.24. The highest BCUT2D eigenvalue weighted by Crippen LogP contribution is 2.46. The lowest BCUT2D eigenvalue weighted by Crippen LogP contribution is -2.08. The summed E-state index contributed by atoms with van der Waals surface area (Å²) in [4.78, 5) is 20.7. The van der Waals surface area contributed by atoms with Gasteiger partial charge in [0.25, 0.3) is 0 Å². The van der Waals surface area contributed by atoms with Gasteiger partial charge in [-0.2, -0.15) is 4.99 Å². The minimum absolute atomic E-state index is 0.540. The predicted molar refractivity (Wildman–Crippen MR) is 128 cm³/mol. The summed E-state index contributed by atoms with van der Waals surface area (Å²) in [6.07, 6.45) is 7.33. The van der Waals surface area contributed by atoms with Crippen molar-refractivity contribution in [3.63, 3.8) is 0 Å². The summed E-state index contributed by atoms with van der Waals surface area (Å²) in [6.45, 7) is 3.44. The average molecular weight is 462 g/mol. The quantitative estimate of drug-likeness (QED) is 0.152. The van der Waals surface area contributed by atoms with E-state index in [0.717, 1.165) is 24.6 Å². The first-order chi connectivity index (χ1) is 16.0. The molecule has 0 N–H and O–H groups in total. The van der Waals surface area contributed by atoms with Gasteiger partial charge in [0.05, 0.1) is 44.9 Å². The summed E-state index contributed by atoms with van der Waals surface area (Å²) in [5.74, 6) is 1.74. The third-order valence-corrected chi connectivity index (χ3v) is 5.37. The largest absolute Gasteiger partial charge is 0.496 e. The van der Waals surface area contributed by atoms with Crippen LogP contribution in [0.5, 0.6) is 23.0 Å². The van der Waals surface area contributed by atoms with Crippen LogP contribution in [0.3, 0.4) is 0 Å². The molecule has 8 nitrogen and oxygen atoms in total. The molecule has 0 aliphatic carbocycles. The highest BCUT2D eigenvalue weighted by atomic mass is 17.3. The molecule has 0 saturated carbocycles. The highest BCUT2D eigenvalue weighted by molar-refractivity contribution is 6.12. The third-order valence-electron chi connectivity index (χ3n) is 5.37. The van der Waals surface area contributed by atoms with Crippen LogP contribution in [0, 0.1) is 0 Å². The van der Waals surface area contributed by atoms with Gasteiger partial charge >= 0.3 is 5.97 Å². The third kappa shape index (κ3) is 6.66. The number of rotatable bonds is 14. The highest BCUT2D eigenvalue weighted by Gasteiger charge is 2.23. The molecule has 2 aromatic carbocycles. The number of unbranched alkanes of at least 4 members (excludes halogenated alkanes) is 5. The van der Waals surface area contributed by atoms with Crippen LogP contribution < -0.4 is 18.9 Å². The van der Waals surface area contributed by atoms with E-state index in [2.05, 4.69) is 17.0 Å². The summed E-state index contributed by atoms with van der Waals surface area (Å²) in [7, 11) is 6.36. The molecule has 0 radical (unpaired) electrons. The van der Waals surface area contributed by atoms with Gasteiger partial charge in [0.2, 0.25) is 0 Å². The van der Waals surface area contributed by atoms with E-state index >= 15 is 0 Å². The molecule has 0 atom stereocenters. The summed E-state index contributed by atoms with van der Waals surface area (Å²) >= 11 is 0. The summed E-state index contributed by atoms with van der Waals surface area (Å²) < 4.78 is 22.7. The molecule has 33 heavy (non-hydrogen) atoms. The minimum atomic E-state index is -0.591. The lowest BCUT2D eigenvalue weighted by Gasteiger charge is -2.19. The van der Waals surface area contributed by atoms with Gasteiger partial charge in [-0.25, -0.2) is 9.68 Å². The van der Waals surface area contributed by atoms with Crippen molar-refractivity contribution in [3.8, 4) is 23.0 Å². The number of hydrogen-bond acceptors (Lipinski definition) is 8. The van der Waals surface area contributed by atoms with Crippen molar-refractivity contribution in [3.05, 3.63) is 23.8 Å². The van der Waals surface area contributed by atoms with Crippen molar-refractivity contribution < 1.29 is 33.6 Å². The number of ether oxygens (including phenoxy) is 4. The Bertz CT molecular complexity index is 956. The second-order valence-electron chi connectivity index (χ2n) is 7.58. The van der Waals surface area contributed by atoms with Gasteiger partial charge < -0.3 is 18.9 Å². The van der Waals surface area contributed by atoms with Gasteiger partial charge in [0.15, 0.2) is 0 Å². The van der Waals surface area contributed by atoms with Crippen LogP contribution in [0.15, 0.2) is 23.4 Å². The van der Waals surface area contributed by atoms with E-state index in [1.54, 1.807) is 28.4 Å². The molecule has 0 aliphatic rings. The lowest BCUT2D eigenvalue weighted by molar-refractivity contribution is -0.271.